The maximum absolute atomic E-state index is 10.2. The first-order chi connectivity index (χ1) is 15.0. The van der Waals surface area contributed by atoms with Crippen molar-refractivity contribution in [3.63, 3.8) is 0 Å². The van der Waals surface area contributed by atoms with Crippen LogP contribution in [-0.4, -0.2) is 21.2 Å². The zero-order valence-electron chi connectivity index (χ0n) is 18.6. The Hall–Kier alpha value is -1.72. The third-order valence-corrected chi connectivity index (χ3v) is 10.3. The summed E-state index contributed by atoms with van der Waals surface area (Å²) in [6.07, 6.45) is 12.2. The second kappa shape index (κ2) is 7.14. The van der Waals surface area contributed by atoms with Gasteiger partial charge in [-0.3, -0.25) is 4.98 Å². The van der Waals surface area contributed by atoms with Crippen molar-refractivity contribution in [2.45, 2.75) is 76.9 Å². The van der Waals surface area contributed by atoms with Gasteiger partial charge in [-0.1, -0.05) is 31.6 Å². The number of fused-ring (bicyclic) bond motifs is 7. The van der Waals surface area contributed by atoms with Crippen molar-refractivity contribution < 1.29 is 5.11 Å². The number of nitrogens with zero attached hydrogens (tertiary/aromatic N) is 2. The Labute approximate surface area is 189 Å². The lowest BCUT2D eigenvalue weighted by molar-refractivity contribution is -0.0169. The second-order valence-electron chi connectivity index (χ2n) is 10.8. The standard InChI is InChI=1S/C26H33N3OS/c1-25-10-8-18(30)13-16(25)6-7-19-20(25)9-11-26(2)21(19)14-22-23(26)29-24(31-22)28-15-17-5-3-4-12-27-17/h3-6,12,18-21,30H,7-11,13-15H2,1-2H3,(H,28,29)/t18-,19+,20-,21-,25-,26-/m0/s1. The minimum Gasteiger partial charge on any atom is -0.393 e. The monoisotopic (exact) mass is 435 g/mol. The molecular weight excluding hydrogens is 402 g/mol. The lowest BCUT2D eigenvalue weighted by atomic mass is 9.48. The minimum atomic E-state index is -0.121. The SMILES string of the molecule is C[C@]12CC[C@H](O)CC1=CC[C@@H]1[C@@H]2CC[C@]2(C)c3nc(NCc4ccccn4)sc3C[C@@H]12. The normalized spacial score (nSPS) is 38.5. The van der Waals surface area contributed by atoms with Crippen LogP contribution in [0.4, 0.5) is 5.13 Å². The molecule has 31 heavy (non-hydrogen) atoms. The number of aliphatic hydroxyl groups excluding tert-OH is 1. The number of hydrogen-bond donors (Lipinski definition) is 2. The van der Waals surface area contributed by atoms with Crippen LogP contribution in [0.5, 0.6) is 0 Å². The first kappa shape index (κ1) is 19.9. The molecule has 2 fully saturated rings. The minimum absolute atomic E-state index is 0.121. The summed E-state index contributed by atoms with van der Waals surface area (Å²) in [5.74, 6) is 2.24. The molecule has 2 saturated carbocycles. The highest BCUT2D eigenvalue weighted by molar-refractivity contribution is 7.15. The van der Waals surface area contributed by atoms with Gasteiger partial charge in [0.15, 0.2) is 5.13 Å². The van der Waals surface area contributed by atoms with Gasteiger partial charge in [-0.15, -0.1) is 11.3 Å². The molecule has 0 saturated heterocycles. The molecular formula is C26H33N3OS. The molecule has 6 atom stereocenters. The fourth-order valence-corrected chi connectivity index (χ4v) is 8.67. The maximum atomic E-state index is 10.2. The third-order valence-electron chi connectivity index (χ3n) is 9.26. The number of aromatic nitrogens is 2. The number of nitrogens with one attached hydrogen (secondary N) is 1. The van der Waals surface area contributed by atoms with Crippen LogP contribution in [-0.2, 0) is 18.4 Å². The zero-order chi connectivity index (χ0) is 21.2. The van der Waals surface area contributed by atoms with Gasteiger partial charge in [0.2, 0.25) is 0 Å². The molecule has 0 radical (unpaired) electrons. The summed E-state index contributed by atoms with van der Waals surface area (Å²) in [6.45, 7) is 5.73. The topological polar surface area (TPSA) is 58.0 Å². The quantitative estimate of drug-likeness (QED) is 0.626. The number of rotatable bonds is 3. The van der Waals surface area contributed by atoms with E-state index in [-0.39, 0.29) is 11.5 Å². The molecule has 6 rings (SSSR count). The zero-order valence-corrected chi connectivity index (χ0v) is 19.4. The Kier molecular flexibility index (Phi) is 4.59. The second-order valence-corrected chi connectivity index (χ2v) is 11.9. The van der Waals surface area contributed by atoms with Crippen LogP contribution in [0.2, 0.25) is 0 Å². The van der Waals surface area contributed by atoms with E-state index in [0.29, 0.717) is 11.3 Å². The molecule has 0 aromatic carbocycles. The largest absolute Gasteiger partial charge is 0.393 e. The van der Waals surface area contributed by atoms with Gasteiger partial charge < -0.3 is 10.4 Å². The van der Waals surface area contributed by atoms with Gasteiger partial charge in [0.25, 0.3) is 0 Å². The van der Waals surface area contributed by atoms with Crippen LogP contribution in [0, 0.1) is 23.2 Å². The molecule has 2 aromatic heterocycles. The van der Waals surface area contributed by atoms with E-state index in [4.69, 9.17) is 4.98 Å². The van der Waals surface area contributed by atoms with E-state index < -0.39 is 0 Å². The van der Waals surface area contributed by atoms with Gasteiger partial charge in [0, 0.05) is 16.5 Å². The Morgan fingerprint density at radius 1 is 1.13 bits per heavy atom. The van der Waals surface area contributed by atoms with Gasteiger partial charge >= 0.3 is 0 Å². The van der Waals surface area contributed by atoms with E-state index in [1.807, 2.05) is 29.7 Å². The molecule has 5 heteroatoms. The molecule has 2 heterocycles. The lowest BCUT2D eigenvalue weighted by Crippen LogP contribution is -2.51. The van der Waals surface area contributed by atoms with Crippen LogP contribution in [0.25, 0.3) is 0 Å². The molecule has 164 valence electrons. The third kappa shape index (κ3) is 3.03. The summed E-state index contributed by atoms with van der Waals surface area (Å²) >= 11 is 1.87. The molecule has 4 nitrogen and oxygen atoms in total. The molecule has 0 amide bonds. The summed E-state index contributed by atoms with van der Waals surface area (Å²) in [5, 5.41) is 14.8. The van der Waals surface area contributed by atoms with E-state index in [9.17, 15) is 5.11 Å². The number of hydrogen-bond acceptors (Lipinski definition) is 5. The van der Waals surface area contributed by atoms with E-state index in [2.05, 4.69) is 36.3 Å². The molecule has 4 aliphatic rings. The highest BCUT2D eigenvalue weighted by atomic mass is 32.1. The predicted molar refractivity (Wildman–Crippen MR) is 125 cm³/mol. The molecule has 0 bridgehead atoms. The highest BCUT2D eigenvalue weighted by Crippen LogP contribution is 2.64. The van der Waals surface area contributed by atoms with Crippen molar-refractivity contribution in [2.75, 3.05) is 5.32 Å². The molecule has 0 aliphatic heterocycles. The average Bonchev–Trinajstić information content (AvgIpc) is 3.30. The molecule has 2 N–H and O–H groups in total. The van der Waals surface area contributed by atoms with Crippen molar-refractivity contribution in [1.29, 1.82) is 0 Å². The van der Waals surface area contributed by atoms with E-state index in [1.54, 1.807) is 5.57 Å². The van der Waals surface area contributed by atoms with Crippen LogP contribution < -0.4 is 5.32 Å². The van der Waals surface area contributed by atoms with Crippen molar-refractivity contribution in [1.82, 2.24) is 9.97 Å². The number of pyridine rings is 1. The van der Waals surface area contributed by atoms with Gasteiger partial charge in [-0.25, -0.2) is 4.98 Å². The summed E-state index contributed by atoms with van der Waals surface area (Å²) in [7, 11) is 0. The lowest BCUT2D eigenvalue weighted by Gasteiger charge is -2.57. The smallest absolute Gasteiger partial charge is 0.183 e. The Bertz CT molecular complexity index is 1020. The first-order valence-electron chi connectivity index (χ1n) is 12.0. The fraction of sp³-hybridized carbons (Fsp3) is 0.615. The predicted octanol–water partition coefficient (Wildman–Crippen LogP) is 5.49. The van der Waals surface area contributed by atoms with Crippen molar-refractivity contribution in [3.05, 3.63) is 52.3 Å². The Morgan fingerprint density at radius 3 is 2.84 bits per heavy atom. The summed E-state index contributed by atoms with van der Waals surface area (Å²) < 4.78 is 0. The number of aliphatic hydroxyl groups is 1. The number of thiazole rings is 1. The molecule has 0 spiro atoms. The molecule has 4 aliphatic carbocycles. The van der Waals surface area contributed by atoms with E-state index in [0.717, 1.165) is 48.5 Å². The van der Waals surface area contributed by atoms with Gasteiger partial charge in [-0.05, 0) is 80.2 Å². The summed E-state index contributed by atoms with van der Waals surface area (Å²) in [5.41, 5.74) is 4.51. The number of allylic oxidation sites excluding steroid dienone is 1. The number of anilines is 1. The average molecular weight is 436 g/mol. The van der Waals surface area contributed by atoms with Crippen LogP contribution in [0.1, 0.15) is 68.6 Å². The van der Waals surface area contributed by atoms with Gasteiger partial charge in [-0.2, -0.15) is 0 Å². The van der Waals surface area contributed by atoms with Crippen LogP contribution in [0.3, 0.4) is 0 Å². The summed E-state index contributed by atoms with van der Waals surface area (Å²) in [6, 6.07) is 6.05. The highest BCUT2D eigenvalue weighted by Gasteiger charge is 2.58. The van der Waals surface area contributed by atoms with E-state index >= 15 is 0 Å². The van der Waals surface area contributed by atoms with Crippen molar-refractivity contribution in [2.24, 2.45) is 23.2 Å². The van der Waals surface area contributed by atoms with Crippen molar-refractivity contribution in [3.8, 4) is 0 Å². The van der Waals surface area contributed by atoms with Crippen LogP contribution >= 0.6 is 11.3 Å². The van der Waals surface area contributed by atoms with Gasteiger partial charge in [0.1, 0.15) is 0 Å². The first-order valence-corrected chi connectivity index (χ1v) is 12.8. The fourth-order valence-electron chi connectivity index (χ4n) is 7.51. The molecule has 0 unspecified atom stereocenters. The maximum Gasteiger partial charge on any atom is 0.183 e. The van der Waals surface area contributed by atoms with Crippen molar-refractivity contribution >= 4 is 16.5 Å². The van der Waals surface area contributed by atoms with Crippen LogP contribution in [0.15, 0.2) is 36.0 Å². The Morgan fingerprint density at radius 2 is 2.00 bits per heavy atom. The van der Waals surface area contributed by atoms with Gasteiger partial charge in [0.05, 0.1) is 24.0 Å². The summed E-state index contributed by atoms with van der Waals surface area (Å²) in [4.78, 5) is 11.1. The molecule has 2 aromatic rings. The Balaban J connectivity index is 1.24. The van der Waals surface area contributed by atoms with E-state index in [1.165, 1.54) is 36.3 Å².